The standard InChI is InChI=1S/C19H29NO4/c1-5-14-11-15(13(2)21)16(22)12-17(14)24-10-8-6-7-9-19(3,4)18(20)23/h11-12,22H,5-10H2,1-4H3,(H2,20,23). The summed E-state index contributed by atoms with van der Waals surface area (Å²) < 4.78 is 5.76. The predicted molar refractivity (Wildman–Crippen MR) is 94.4 cm³/mol. The Kier molecular flexibility index (Phi) is 7.26. The zero-order valence-electron chi connectivity index (χ0n) is 15.1. The largest absolute Gasteiger partial charge is 0.507 e. The van der Waals surface area contributed by atoms with E-state index in [4.69, 9.17) is 10.5 Å². The molecule has 0 atom stereocenters. The molecular formula is C19H29NO4. The maximum atomic E-state index is 11.5. The Morgan fingerprint density at radius 3 is 2.42 bits per heavy atom. The molecule has 1 rings (SSSR count). The lowest BCUT2D eigenvalue weighted by molar-refractivity contribution is -0.126. The van der Waals surface area contributed by atoms with Crippen LogP contribution in [0.15, 0.2) is 12.1 Å². The molecule has 0 aliphatic carbocycles. The van der Waals surface area contributed by atoms with Crippen LogP contribution in [0.1, 0.15) is 69.3 Å². The van der Waals surface area contributed by atoms with Crippen LogP contribution in [0.25, 0.3) is 0 Å². The van der Waals surface area contributed by atoms with Crippen LogP contribution in [-0.4, -0.2) is 23.4 Å². The van der Waals surface area contributed by atoms with E-state index in [1.54, 1.807) is 6.07 Å². The van der Waals surface area contributed by atoms with Crippen LogP contribution < -0.4 is 10.5 Å². The minimum atomic E-state index is -0.468. The van der Waals surface area contributed by atoms with E-state index in [9.17, 15) is 14.7 Å². The number of rotatable bonds is 10. The number of ether oxygens (including phenoxy) is 1. The molecule has 0 aliphatic heterocycles. The minimum Gasteiger partial charge on any atom is -0.507 e. The molecule has 3 N–H and O–H groups in total. The van der Waals surface area contributed by atoms with Crippen LogP contribution in [0.5, 0.6) is 11.5 Å². The van der Waals surface area contributed by atoms with Gasteiger partial charge in [0.15, 0.2) is 5.78 Å². The Balaban J connectivity index is 2.50. The van der Waals surface area contributed by atoms with Crippen LogP contribution in [0, 0.1) is 5.41 Å². The number of carbonyl (C=O) groups excluding carboxylic acids is 2. The van der Waals surface area contributed by atoms with Crippen molar-refractivity contribution >= 4 is 11.7 Å². The number of phenols is 1. The zero-order valence-corrected chi connectivity index (χ0v) is 15.1. The van der Waals surface area contributed by atoms with Gasteiger partial charge < -0.3 is 15.6 Å². The van der Waals surface area contributed by atoms with E-state index >= 15 is 0 Å². The SMILES string of the molecule is CCc1cc(C(C)=O)c(O)cc1OCCCCCC(C)(C)C(N)=O. The zero-order chi connectivity index (χ0) is 18.3. The van der Waals surface area contributed by atoms with Crippen molar-refractivity contribution < 1.29 is 19.4 Å². The van der Waals surface area contributed by atoms with E-state index in [0.717, 1.165) is 37.7 Å². The maximum absolute atomic E-state index is 11.5. The van der Waals surface area contributed by atoms with E-state index in [1.807, 2.05) is 20.8 Å². The monoisotopic (exact) mass is 335 g/mol. The molecular weight excluding hydrogens is 306 g/mol. The van der Waals surface area contributed by atoms with Gasteiger partial charge in [-0.3, -0.25) is 9.59 Å². The molecule has 0 fully saturated rings. The number of aromatic hydroxyl groups is 1. The molecule has 0 unspecified atom stereocenters. The van der Waals surface area contributed by atoms with Crippen molar-refractivity contribution in [3.8, 4) is 11.5 Å². The number of benzene rings is 1. The van der Waals surface area contributed by atoms with Gasteiger partial charge >= 0.3 is 0 Å². The number of ketones is 1. The van der Waals surface area contributed by atoms with Crippen molar-refractivity contribution in [3.05, 3.63) is 23.3 Å². The summed E-state index contributed by atoms with van der Waals surface area (Å²) >= 11 is 0. The molecule has 5 heteroatoms. The Morgan fingerprint density at radius 2 is 1.88 bits per heavy atom. The lowest BCUT2D eigenvalue weighted by atomic mass is 9.86. The first kappa shape index (κ1) is 20.0. The first-order valence-electron chi connectivity index (χ1n) is 8.48. The molecule has 0 aliphatic rings. The van der Waals surface area contributed by atoms with Gasteiger partial charge in [0.2, 0.25) is 5.91 Å². The van der Waals surface area contributed by atoms with Gasteiger partial charge in [0, 0.05) is 11.5 Å². The minimum absolute atomic E-state index is 0.0436. The summed E-state index contributed by atoms with van der Waals surface area (Å²) in [7, 11) is 0. The molecule has 1 aromatic carbocycles. The van der Waals surface area contributed by atoms with E-state index in [2.05, 4.69) is 0 Å². The average Bonchev–Trinajstić information content (AvgIpc) is 2.50. The molecule has 0 heterocycles. The Labute approximate surface area is 144 Å². The van der Waals surface area contributed by atoms with Crippen molar-refractivity contribution in [1.29, 1.82) is 0 Å². The number of Topliss-reactive ketones (excluding diaryl/α,β-unsaturated/α-hetero) is 1. The summed E-state index contributed by atoms with van der Waals surface area (Å²) in [5, 5.41) is 9.92. The van der Waals surface area contributed by atoms with Crippen LogP contribution in [0.4, 0.5) is 0 Å². The Hall–Kier alpha value is -2.04. The lowest BCUT2D eigenvalue weighted by Crippen LogP contribution is -2.31. The van der Waals surface area contributed by atoms with E-state index in [0.29, 0.717) is 17.9 Å². The summed E-state index contributed by atoms with van der Waals surface area (Å²) in [5.41, 5.74) is 6.12. The van der Waals surface area contributed by atoms with Crippen LogP contribution in [-0.2, 0) is 11.2 Å². The highest BCUT2D eigenvalue weighted by Gasteiger charge is 2.23. The third-order valence-corrected chi connectivity index (χ3v) is 4.31. The van der Waals surface area contributed by atoms with Gasteiger partial charge in [0.05, 0.1) is 12.2 Å². The van der Waals surface area contributed by atoms with E-state index < -0.39 is 5.41 Å². The predicted octanol–water partition coefficient (Wildman–Crippen LogP) is 3.61. The van der Waals surface area contributed by atoms with Crippen LogP contribution in [0.3, 0.4) is 0 Å². The quantitative estimate of drug-likeness (QED) is 0.505. The number of aryl methyl sites for hydroxylation is 1. The summed E-state index contributed by atoms with van der Waals surface area (Å²) in [4.78, 5) is 22.7. The molecule has 0 saturated carbocycles. The highest BCUT2D eigenvalue weighted by atomic mass is 16.5. The van der Waals surface area contributed by atoms with E-state index in [-0.39, 0.29) is 17.4 Å². The van der Waals surface area contributed by atoms with Crippen LogP contribution in [0.2, 0.25) is 0 Å². The third kappa shape index (κ3) is 5.55. The van der Waals surface area contributed by atoms with Crippen molar-refractivity contribution in [2.45, 2.75) is 59.8 Å². The number of carbonyl (C=O) groups is 2. The summed E-state index contributed by atoms with van der Waals surface area (Å²) in [6.45, 7) is 7.66. The molecule has 0 bridgehead atoms. The van der Waals surface area contributed by atoms with Gasteiger partial charge in [-0.25, -0.2) is 0 Å². The topological polar surface area (TPSA) is 89.6 Å². The van der Waals surface area contributed by atoms with Crippen molar-refractivity contribution in [2.75, 3.05) is 6.61 Å². The third-order valence-electron chi connectivity index (χ3n) is 4.31. The van der Waals surface area contributed by atoms with Gasteiger partial charge in [0.1, 0.15) is 11.5 Å². The molecule has 0 spiro atoms. The molecule has 24 heavy (non-hydrogen) atoms. The number of primary amides is 1. The fourth-order valence-electron chi connectivity index (χ4n) is 2.46. The number of nitrogens with two attached hydrogens (primary N) is 1. The number of hydrogen-bond donors (Lipinski definition) is 2. The Bertz CT molecular complexity index is 593. The second kappa shape index (κ2) is 8.71. The molecule has 134 valence electrons. The maximum Gasteiger partial charge on any atom is 0.223 e. The number of unbranched alkanes of at least 4 members (excludes halogenated alkanes) is 2. The first-order valence-corrected chi connectivity index (χ1v) is 8.48. The second-order valence-electron chi connectivity index (χ2n) is 6.79. The van der Waals surface area contributed by atoms with Crippen molar-refractivity contribution in [1.82, 2.24) is 0 Å². The molecule has 0 saturated heterocycles. The average molecular weight is 335 g/mol. The van der Waals surface area contributed by atoms with Gasteiger partial charge in [-0.1, -0.05) is 33.6 Å². The van der Waals surface area contributed by atoms with Crippen molar-refractivity contribution in [3.63, 3.8) is 0 Å². The number of amides is 1. The van der Waals surface area contributed by atoms with E-state index in [1.165, 1.54) is 13.0 Å². The summed E-state index contributed by atoms with van der Waals surface area (Å²) in [6, 6.07) is 3.22. The first-order chi connectivity index (χ1) is 11.2. The van der Waals surface area contributed by atoms with Gasteiger partial charge in [-0.15, -0.1) is 0 Å². The summed E-state index contributed by atoms with van der Waals surface area (Å²) in [6.07, 6.45) is 4.19. The highest BCUT2D eigenvalue weighted by Crippen LogP contribution is 2.29. The molecule has 1 aromatic rings. The number of hydrogen-bond acceptors (Lipinski definition) is 4. The smallest absolute Gasteiger partial charge is 0.223 e. The molecule has 0 radical (unpaired) electrons. The van der Waals surface area contributed by atoms with Gasteiger partial charge in [-0.2, -0.15) is 0 Å². The fraction of sp³-hybridized carbons (Fsp3) is 0.579. The molecule has 5 nitrogen and oxygen atoms in total. The molecule has 1 amide bonds. The normalized spacial score (nSPS) is 11.3. The van der Waals surface area contributed by atoms with Gasteiger partial charge in [-0.05, 0) is 37.8 Å². The summed E-state index contributed by atoms with van der Waals surface area (Å²) in [5.74, 6) is 0.147. The lowest BCUT2D eigenvalue weighted by Gasteiger charge is -2.19. The molecule has 0 aromatic heterocycles. The fourth-order valence-corrected chi connectivity index (χ4v) is 2.46. The second-order valence-corrected chi connectivity index (χ2v) is 6.79. The number of phenolic OH excluding ortho intramolecular Hbond substituents is 1. The Morgan fingerprint density at radius 1 is 1.21 bits per heavy atom. The van der Waals surface area contributed by atoms with Crippen molar-refractivity contribution in [2.24, 2.45) is 11.1 Å². The van der Waals surface area contributed by atoms with Gasteiger partial charge in [0.25, 0.3) is 0 Å². The highest BCUT2D eigenvalue weighted by molar-refractivity contribution is 5.97. The van der Waals surface area contributed by atoms with Crippen LogP contribution >= 0.6 is 0 Å².